The van der Waals surface area contributed by atoms with E-state index in [1.165, 1.54) is 0 Å². The van der Waals surface area contributed by atoms with Crippen LogP contribution in [0.2, 0.25) is 0 Å². The molecular formula is C14H24N2O3. The molecular weight excluding hydrogens is 244 g/mol. The first kappa shape index (κ1) is 14.3. The van der Waals surface area contributed by atoms with Crippen molar-refractivity contribution in [3.8, 4) is 0 Å². The third kappa shape index (κ3) is 3.47. The van der Waals surface area contributed by atoms with E-state index in [4.69, 9.17) is 5.11 Å². The van der Waals surface area contributed by atoms with Crippen LogP contribution in [0.25, 0.3) is 0 Å². The average Bonchev–Trinajstić information content (AvgIpc) is 2.71. The molecule has 2 fully saturated rings. The Morgan fingerprint density at radius 3 is 2.32 bits per heavy atom. The van der Waals surface area contributed by atoms with E-state index in [9.17, 15) is 9.59 Å². The number of hydrogen-bond acceptors (Lipinski definition) is 3. The molecule has 2 unspecified atom stereocenters. The first-order valence-corrected chi connectivity index (χ1v) is 7.20. The molecule has 2 aliphatic heterocycles. The van der Waals surface area contributed by atoms with Gasteiger partial charge in [0.05, 0.1) is 12.5 Å². The average molecular weight is 268 g/mol. The molecule has 1 N–H and O–H groups in total. The number of nitrogens with zero attached hydrogens (tertiary/aromatic N) is 2. The standard InChI is InChI=1S/C14H24N2O3/c1-10-3-5-16(6-4-10)13(17)9-15-7-11(2)12(8-15)14(18)19/h10-12H,3-9H2,1-2H3,(H,18,19). The summed E-state index contributed by atoms with van der Waals surface area (Å²) in [5, 5.41) is 9.09. The van der Waals surface area contributed by atoms with Crippen LogP contribution in [0.3, 0.4) is 0 Å². The number of piperidine rings is 1. The lowest BCUT2D eigenvalue weighted by Crippen LogP contribution is -2.43. The second-order valence-electron chi connectivity index (χ2n) is 6.18. The lowest BCUT2D eigenvalue weighted by molar-refractivity contribution is -0.142. The van der Waals surface area contributed by atoms with E-state index in [1.54, 1.807) is 0 Å². The fourth-order valence-electron chi connectivity index (χ4n) is 3.07. The molecule has 0 aromatic carbocycles. The predicted molar refractivity (Wildman–Crippen MR) is 71.7 cm³/mol. The molecule has 2 heterocycles. The van der Waals surface area contributed by atoms with Crippen LogP contribution in [0.5, 0.6) is 0 Å². The maximum absolute atomic E-state index is 12.2. The molecule has 2 rings (SSSR count). The monoisotopic (exact) mass is 268 g/mol. The summed E-state index contributed by atoms with van der Waals surface area (Å²) in [6, 6.07) is 0. The van der Waals surface area contributed by atoms with E-state index in [-0.39, 0.29) is 17.7 Å². The van der Waals surface area contributed by atoms with Gasteiger partial charge in [-0.05, 0) is 24.7 Å². The van der Waals surface area contributed by atoms with Gasteiger partial charge in [0, 0.05) is 26.2 Å². The van der Waals surface area contributed by atoms with Crippen molar-refractivity contribution >= 4 is 11.9 Å². The van der Waals surface area contributed by atoms with Crippen LogP contribution in [0, 0.1) is 17.8 Å². The van der Waals surface area contributed by atoms with Crippen molar-refractivity contribution in [2.45, 2.75) is 26.7 Å². The van der Waals surface area contributed by atoms with Crippen molar-refractivity contribution in [1.29, 1.82) is 0 Å². The van der Waals surface area contributed by atoms with Crippen LogP contribution in [0.4, 0.5) is 0 Å². The van der Waals surface area contributed by atoms with E-state index < -0.39 is 5.97 Å². The highest BCUT2D eigenvalue weighted by Gasteiger charge is 2.36. The molecule has 108 valence electrons. The normalized spacial score (nSPS) is 29.7. The van der Waals surface area contributed by atoms with Crippen molar-refractivity contribution in [2.24, 2.45) is 17.8 Å². The summed E-state index contributed by atoms with van der Waals surface area (Å²) < 4.78 is 0. The highest BCUT2D eigenvalue weighted by molar-refractivity contribution is 5.78. The van der Waals surface area contributed by atoms with Crippen molar-refractivity contribution < 1.29 is 14.7 Å². The molecule has 0 saturated carbocycles. The van der Waals surface area contributed by atoms with Gasteiger partial charge in [0.15, 0.2) is 0 Å². The Hall–Kier alpha value is -1.10. The molecule has 1 amide bonds. The van der Waals surface area contributed by atoms with Gasteiger partial charge in [-0.15, -0.1) is 0 Å². The summed E-state index contributed by atoms with van der Waals surface area (Å²) in [4.78, 5) is 27.2. The zero-order chi connectivity index (χ0) is 14.0. The van der Waals surface area contributed by atoms with Crippen LogP contribution < -0.4 is 0 Å². The second-order valence-corrected chi connectivity index (χ2v) is 6.18. The van der Waals surface area contributed by atoms with Crippen molar-refractivity contribution in [2.75, 3.05) is 32.7 Å². The number of amides is 1. The summed E-state index contributed by atoms with van der Waals surface area (Å²) in [7, 11) is 0. The lowest BCUT2D eigenvalue weighted by atomic mass is 9.99. The lowest BCUT2D eigenvalue weighted by Gasteiger charge is -2.31. The van der Waals surface area contributed by atoms with Crippen LogP contribution in [0.1, 0.15) is 26.7 Å². The molecule has 2 saturated heterocycles. The quantitative estimate of drug-likeness (QED) is 0.826. The van der Waals surface area contributed by atoms with Crippen molar-refractivity contribution in [1.82, 2.24) is 9.80 Å². The Balaban J connectivity index is 1.82. The van der Waals surface area contributed by atoms with Gasteiger partial charge in [0.1, 0.15) is 0 Å². The smallest absolute Gasteiger partial charge is 0.308 e. The third-order valence-corrected chi connectivity index (χ3v) is 4.50. The molecule has 0 radical (unpaired) electrons. The van der Waals surface area contributed by atoms with E-state index in [1.807, 2.05) is 16.7 Å². The number of carboxylic acids is 1. The fourth-order valence-corrected chi connectivity index (χ4v) is 3.07. The molecule has 0 bridgehead atoms. The summed E-state index contributed by atoms with van der Waals surface area (Å²) in [6.45, 7) is 7.48. The van der Waals surface area contributed by atoms with Gasteiger partial charge in [-0.25, -0.2) is 0 Å². The number of carbonyl (C=O) groups is 2. The fraction of sp³-hybridized carbons (Fsp3) is 0.857. The number of likely N-dealkylation sites (tertiary alicyclic amines) is 2. The van der Waals surface area contributed by atoms with Crippen LogP contribution in [-0.4, -0.2) is 59.5 Å². The van der Waals surface area contributed by atoms with Gasteiger partial charge in [0.2, 0.25) is 5.91 Å². The van der Waals surface area contributed by atoms with Crippen molar-refractivity contribution in [3.05, 3.63) is 0 Å². The summed E-state index contributed by atoms with van der Waals surface area (Å²) in [5.74, 6) is -0.0625. The minimum absolute atomic E-state index is 0.131. The van der Waals surface area contributed by atoms with E-state index in [2.05, 4.69) is 6.92 Å². The minimum atomic E-state index is -0.741. The molecule has 0 aromatic rings. The Kier molecular flexibility index (Phi) is 4.45. The minimum Gasteiger partial charge on any atom is -0.481 e. The number of rotatable bonds is 3. The second kappa shape index (κ2) is 5.90. The maximum atomic E-state index is 12.2. The molecule has 5 heteroatoms. The van der Waals surface area contributed by atoms with Gasteiger partial charge in [0.25, 0.3) is 0 Å². The maximum Gasteiger partial charge on any atom is 0.308 e. The van der Waals surface area contributed by atoms with Crippen molar-refractivity contribution in [3.63, 3.8) is 0 Å². The summed E-state index contributed by atoms with van der Waals surface area (Å²) in [5.41, 5.74) is 0. The summed E-state index contributed by atoms with van der Waals surface area (Å²) in [6.07, 6.45) is 2.17. The first-order valence-electron chi connectivity index (χ1n) is 7.20. The molecule has 2 atom stereocenters. The summed E-state index contributed by atoms with van der Waals surface area (Å²) >= 11 is 0. The van der Waals surface area contributed by atoms with E-state index >= 15 is 0 Å². The van der Waals surface area contributed by atoms with Gasteiger partial charge in [-0.3, -0.25) is 14.5 Å². The Morgan fingerprint density at radius 1 is 1.16 bits per heavy atom. The first-order chi connectivity index (χ1) is 8.97. The number of hydrogen-bond donors (Lipinski definition) is 1. The number of carboxylic acid groups (broad SMARTS) is 1. The molecule has 19 heavy (non-hydrogen) atoms. The van der Waals surface area contributed by atoms with Gasteiger partial charge in [-0.2, -0.15) is 0 Å². The van der Waals surface area contributed by atoms with Gasteiger partial charge >= 0.3 is 5.97 Å². The predicted octanol–water partition coefficient (Wildman–Crippen LogP) is 0.897. The zero-order valence-corrected chi connectivity index (χ0v) is 11.8. The van der Waals surface area contributed by atoms with E-state index in [0.717, 1.165) is 25.9 Å². The topological polar surface area (TPSA) is 60.9 Å². The van der Waals surface area contributed by atoms with Gasteiger partial charge in [-0.1, -0.05) is 13.8 Å². The highest BCUT2D eigenvalue weighted by Crippen LogP contribution is 2.23. The molecule has 5 nitrogen and oxygen atoms in total. The van der Waals surface area contributed by atoms with Crippen LogP contribution >= 0.6 is 0 Å². The van der Waals surface area contributed by atoms with E-state index in [0.29, 0.717) is 25.6 Å². The third-order valence-electron chi connectivity index (χ3n) is 4.50. The SMILES string of the molecule is CC1CCN(C(=O)CN2CC(C)C(C(=O)O)C2)CC1. The Morgan fingerprint density at radius 2 is 1.79 bits per heavy atom. The van der Waals surface area contributed by atoms with Gasteiger partial charge < -0.3 is 10.0 Å². The molecule has 0 spiro atoms. The largest absolute Gasteiger partial charge is 0.481 e. The Labute approximate surface area is 114 Å². The highest BCUT2D eigenvalue weighted by atomic mass is 16.4. The molecule has 0 aromatic heterocycles. The Bertz CT molecular complexity index is 351. The zero-order valence-electron chi connectivity index (χ0n) is 11.8. The molecule has 2 aliphatic rings. The van der Waals surface area contributed by atoms with Crippen LogP contribution in [-0.2, 0) is 9.59 Å². The van der Waals surface area contributed by atoms with Crippen LogP contribution in [0.15, 0.2) is 0 Å². The number of aliphatic carboxylic acids is 1. The number of carbonyl (C=O) groups excluding carboxylic acids is 1. The molecule has 0 aliphatic carbocycles.